The van der Waals surface area contributed by atoms with Gasteiger partial charge >= 0.3 is 0 Å². The van der Waals surface area contributed by atoms with Crippen LogP contribution in [0.3, 0.4) is 0 Å². The van der Waals surface area contributed by atoms with E-state index in [1.54, 1.807) is 19.6 Å². The molecule has 5 rings (SSSR count). The molecule has 1 saturated carbocycles. The number of pyridine rings is 1. The van der Waals surface area contributed by atoms with Gasteiger partial charge in [-0.05, 0) is 36.0 Å². The molecule has 0 atom stereocenters. The maximum atomic E-state index is 7.72. The Labute approximate surface area is 198 Å². The molecule has 3 heterocycles. The van der Waals surface area contributed by atoms with Gasteiger partial charge in [-0.2, -0.15) is 0 Å². The van der Waals surface area contributed by atoms with Crippen molar-refractivity contribution in [3.05, 3.63) is 78.5 Å². The topological polar surface area (TPSA) is 100 Å². The van der Waals surface area contributed by atoms with Crippen molar-refractivity contribution in [2.45, 2.75) is 19.4 Å². The molecule has 1 aromatic carbocycles. The van der Waals surface area contributed by atoms with Crippen LogP contribution in [0.2, 0.25) is 0 Å². The molecule has 3 N–H and O–H groups in total. The number of allylic oxidation sites excluding steroid dienone is 1. The van der Waals surface area contributed by atoms with Gasteiger partial charge in [0.25, 0.3) is 0 Å². The van der Waals surface area contributed by atoms with E-state index in [9.17, 15) is 0 Å². The largest absolute Gasteiger partial charge is 0.497 e. The summed E-state index contributed by atoms with van der Waals surface area (Å²) >= 11 is 0. The van der Waals surface area contributed by atoms with Crippen molar-refractivity contribution < 1.29 is 4.74 Å². The molecule has 172 valence electrons. The second kappa shape index (κ2) is 9.74. The summed E-state index contributed by atoms with van der Waals surface area (Å²) in [6.07, 6.45) is 11.2. The lowest BCUT2D eigenvalue weighted by Gasteiger charge is -2.09. The third-order valence-corrected chi connectivity index (χ3v) is 5.93. The van der Waals surface area contributed by atoms with Crippen LogP contribution in [0, 0.1) is 11.3 Å². The van der Waals surface area contributed by atoms with E-state index in [-0.39, 0.29) is 0 Å². The van der Waals surface area contributed by atoms with Crippen LogP contribution in [0.4, 0.5) is 5.82 Å². The Hall–Kier alpha value is -4.20. The lowest BCUT2D eigenvalue weighted by Crippen LogP contribution is -2.10. The number of anilines is 1. The van der Waals surface area contributed by atoms with E-state index < -0.39 is 0 Å². The molecule has 0 saturated heterocycles. The van der Waals surface area contributed by atoms with E-state index in [1.807, 2.05) is 47.1 Å². The summed E-state index contributed by atoms with van der Waals surface area (Å²) < 4.78 is 7.25. The fraction of sp³-hybridized carbons (Fsp3) is 0.231. The first kappa shape index (κ1) is 21.6. The summed E-state index contributed by atoms with van der Waals surface area (Å²) in [5.74, 6) is 2.30. The van der Waals surface area contributed by atoms with Crippen LogP contribution in [0.1, 0.15) is 24.0 Å². The van der Waals surface area contributed by atoms with Gasteiger partial charge in [0.2, 0.25) is 0 Å². The zero-order valence-corrected chi connectivity index (χ0v) is 19.0. The summed E-state index contributed by atoms with van der Waals surface area (Å²) in [6.45, 7) is 1.62. The van der Waals surface area contributed by atoms with Crippen LogP contribution in [-0.4, -0.2) is 39.2 Å². The van der Waals surface area contributed by atoms with Gasteiger partial charge in [0.15, 0.2) is 0 Å². The highest BCUT2D eigenvalue weighted by Gasteiger charge is 2.19. The predicted octanol–water partition coefficient (Wildman–Crippen LogP) is 4.40. The number of nitrogens with zero attached hydrogens (tertiary/aromatic N) is 4. The number of imidazole rings is 1. The Morgan fingerprint density at radius 3 is 2.76 bits per heavy atom. The molecule has 0 aliphatic heterocycles. The van der Waals surface area contributed by atoms with Crippen LogP contribution in [0.15, 0.2) is 67.4 Å². The van der Waals surface area contributed by atoms with Crippen molar-refractivity contribution in [2.75, 3.05) is 19.0 Å². The molecule has 0 spiro atoms. The highest BCUT2D eigenvalue weighted by molar-refractivity contribution is 6.08. The molecule has 0 unspecified atom stereocenters. The van der Waals surface area contributed by atoms with Gasteiger partial charge in [-0.25, -0.2) is 15.0 Å². The minimum absolute atomic E-state index is 0.630. The molecule has 1 fully saturated rings. The van der Waals surface area contributed by atoms with E-state index in [0.29, 0.717) is 6.54 Å². The number of fused-ring (bicyclic) bond motifs is 1. The van der Waals surface area contributed by atoms with Crippen molar-refractivity contribution in [1.82, 2.24) is 24.7 Å². The zero-order chi connectivity index (χ0) is 23.3. The average molecular weight is 454 g/mol. The van der Waals surface area contributed by atoms with E-state index in [2.05, 4.69) is 37.7 Å². The molecule has 0 bridgehead atoms. The number of rotatable bonds is 10. The van der Waals surface area contributed by atoms with Crippen molar-refractivity contribution in [3.63, 3.8) is 0 Å². The Balaban J connectivity index is 1.25. The molecule has 3 aromatic heterocycles. The third kappa shape index (κ3) is 4.91. The zero-order valence-electron chi connectivity index (χ0n) is 19.0. The first-order valence-electron chi connectivity index (χ1n) is 11.3. The molecule has 1 aliphatic carbocycles. The molecule has 0 radical (unpaired) electrons. The number of aromatic nitrogens is 4. The van der Waals surface area contributed by atoms with Crippen molar-refractivity contribution in [1.29, 1.82) is 5.41 Å². The van der Waals surface area contributed by atoms with Gasteiger partial charge < -0.3 is 20.8 Å². The van der Waals surface area contributed by atoms with Crippen molar-refractivity contribution in [3.8, 4) is 17.1 Å². The second-order valence-electron chi connectivity index (χ2n) is 8.37. The lowest BCUT2D eigenvalue weighted by molar-refractivity contribution is 0.414. The number of hydrogen-bond acceptors (Lipinski definition) is 7. The van der Waals surface area contributed by atoms with Gasteiger partial charge in [0, 0.05) is 49.4 Å². The van der Waals surface area contributed by atoms with Crippen LogP contribution in [-0.2, 0) is 6.54 Å². The molecule has 4 aromatic rings. The molecule has 1 aliphatic rings. The molecule has 8 heteroatoms. The molecular formula is C26H27N7O. The number of hydrogen-bond donors (Lipinski definition) is 3. The summed E-state index contributed by atoms with van der Waals surface area (Å²) in [5.41, 5.74) is 5.49. The number of nitrogens with one attached hydrogen (secondary N) is 3. The van der Waals surface area contributed by atoms with Crippen LogP contribution >= 0.6 is 0 Å². The quantitative estimate of drug-likeness (QED) is 0.308. The van der Waals surface area contributed by atoms with E-state index in [1.165, 1.54) is 19.1 Å². The molecule has 8 nitrogen and oxygen atoms in total. The normalized spacial score (nSPS) is 13.6. The minimum atomic E-state index is 0.630. The Bertz CT molecular complexity index is 1320. The first-order valence-corrected chi connectivity index (χ1v) is 11.3. The lowest BCUT2D eigenvalue weighted by atomic mass is 10.1. The summed E-state index contributed by atoms with van der Waals surface area (Å²) in [6, 6.07) is 13.9. The highest BCUT2D eigenvalue weighted by Crippen LogP contribution is 2.27. The molecular weight excluding hydrogens is 426 g/mol. The van der Waals surface area contributed by atoms with E-state index >= 15 is 0 Å². The van der Waals surface area contributed by atoms with Crippen molar-refractivity contribution >= 4 is 23.3 Å². The number of ether oxygens (including phenoxy) is 1. The summed E-state index contributed by atoms with van der Waals surface area (Å²) in [4.78, 5) is 13.3. The van der Waals surface area contributed by atoms with Crippen LogP contribution in [0.5, 0.6) is 5.75 Å². The van der Waals surface area contributed by atoms with Gasteiger partial charge in [-0.1, -0.05) is 24.3 Å². The van der Waals surface area contributed by atoms with Crippen molar-refractivity contribution in [2.24, 2.45) is 5.92 Å². The van der Waals surface area contributed by atoms with Gasteiger partial charge in [0.1, 0.15) is 23.5 Å². The van der Waals surface area contributed by atoms with Crippen LogP contribution < -0.4 is 15.4 Å². The Kier molecular flexibility index (Phi) is 6.20. The smallest absolute Gasteiger partial charge is 0.140 e. The molecule has 34 heavy (non-hydrogen) atoms. The van der Waals surface area contributed by atoms with Gasteiger partial charge in [-0.3, -0.25) is 4.40 Å². The monoisotopic (exact) mass is 453 g/mol. The minimum Gasteiger partial charge on any atom is -0.497 e. The first-order chi connectivity index (χ1) is 16.7. The highest BCUT2D eigenvalue weighted by atomic mass is 16.5. The Morgan fingerprint density at radius 2 is 2.00 bits per heavy atom. The fourth-order valence-electron chi connectivity index (χ4n) is 3.75. The summed E-state index contributed by atoms with van der Waals surface area (Å²) in [7, 11) is 1.64. The van der Waals surface area contributed by atoms with E-state index in [4.69, 9.17) is 10.1 Å². The summed E-state index contributed by atoms with van der Waals surface area (Å²) in [5, 5.41) is 14.4. The number of methoxy groups -OCH3 is 1. The SMILES string of the molecule is COc1ccn2c(-c3cc(NCc4ccc(/C(C=N)=C/NCC5CC5)cc4)ncn3)cnc2c1. The van der Waals surface area contributed by atoms with Crippen LogP contribution in [0.25, 0.3) is 22.6 Å². The molecule has 0 amide bonds. The standard InChI is InChI=1S/C26H27N7O/c1-34-22-8-9-33-24(16-30-26(33)10-22)23-11-25(32-17-31-23)29-14-19-4-6-20(7-5-19)21(12-27)15-28-13-18-2-3-18/h4-12,15-18,27-28H,2-3,13-14H2,1H3,(H,29,31,32)/b21-15+,27-12?. The fourth-order valence-corrected chi connectivity index (χ4v) is 3.75. The second-order valence-corrected chi connectivity index (χ2v) is 8.37. The average Bonchev–Trinajstić information content (AvgIpc) is 3.62. The number of benzene rings is 1. The maximum Gasteiger partial charge on any atom is 0.140 e. The maximum absolute atomic E-state index is 7.72. The van der Waals surface area contributed by atoms with Gasteiger partial charge in [-0.15, -0.1) is 0 Å². The predicted molar refractivity (Wildman–Crippen MR) is 134 cm³/mol. The van der Waals surface area contributed by atoms with Gasteiger partial charge in [0.05, 0.1) is 24.7 Å². The Morgan fingerprint density at radius 1 is 1.15 bits per heavy atom. The third-order valence-electron chi connectivity index (χ3n) is 5.93. The van der Waals surface area contributed by atoms with E-state index in [0.717, 1.165) is 57.8 Å².